The van der Waals surface area contributed by atoms with Crippen LogP contribution in [0.15, 0.2) is 40.0 Å². The maximum atomic E-state index is 15.5. The Hall–Kier alpha value is -3.11. The van der Waals surface area contributed by atoms with Gasteiger partial charge in [0, 0.05) is 35.9 Å². The Morgan fingerprint density at radius 1 is 1.33 bits per heavy atom. The molecule has 3 atom stereocenters. The lowest BCUT2D eigenvalue weighted by Crippen LogP contribution is -2.46. The van der Waals surface area contributed by atoms with E-state index in [1.807, 2.05) is 0 Å². The number of benzene rings is 1. The van der Waals surface area contributed by atoms with E-state index in [9.17, 15) is 23.5 Å². The van der Waals surface area contributed by atoms with Gasteiger partial charge in [0.15, 0.2) is 22.5 Å². The van der Waals surface area contributed by atoms with Crippen molar-refractivity contribution in [2.45, 2.75) is 44.3 Å². The van der Waals surface area contributed by atoms with Crippen LogP contribution >= 0.6 is 22.9 Å². The molecule has 3 aliphatic heterocycles. The maximum absolute atomic E-state index is 15.5. The average molecular weight is 646 g/mol. The van der Waals surface area contributed by atoms with Crippen molar-refractivity contribution in [1.82, 2.24) is 20.3 Å². The Morgan fingerprint density at radius 2 is 2.07 bits per heavy atom. The van der Waals surface area contributed by atoms with Crippen LogP contribution < -0.4 is 5.32 Å². The molecule has 4 heterocycles. The van der Waals surface area contributed by atoms with Crippen LogP contribution in [0.5, 0.6) is 0 Å². The number of aliphatic carboxylic acids is 1. The number of hydroxylamine groups is 2. The van der Waals surface area contributed by atoms with Gasteiger partial charge < -0.3 is 15.2 Å². The van der Waals surface area contributed by atoms with Gasteiger partial charge in [-0.15, -0.1) is 11.3 Å². The second kappa shape index (κ2) is 11.8. The Bertz CT molecular complexity index is 1490. The number of ether oxygens (including phenoxy) is 1. The van der Waals surface area contributed by atoms with E-state index in [1.165, 1.54) is 42.3 Å². The zero-order valence-electron chi connectivity index (χ0n) is 23.2. The topological polar surface area (TPSA) is 117 Å². The normalized spacial score (nSPS) is 24.1. The molecule has 2 N–H and O–H groups in total. The average Bonchev–Trinajstić information content (AvgIpc) is 3.69. The number of carboxylic acids is 1. The van der Waals surface area contributed by atoms with Gasteiger partial charge in [0.1, 0.15) is 12.1 Å². The summed E-state index contributed by atoms with van der Waals surface area (Å²) in [6.07, 6.45) is 1.59. The van der Waals surface area contributed by atoms with Gasteiger partial charge in [0.25, 0.3) is 5.92 Å². The van der Waals surface area contributed by atoms with Crippen LogP contribution in [0.4, 0.5) is 17.6 Å². The number of halogens is 5. The summed E-state index contributed by atoms with van der Waals surface area (Å²) in [5.74, 6) is -7.53. The number of thiazole rings is 1. The number of nitrogens with zero attached hydrogens (tertiary/aromatic N) is 4. The molecular formula is C27H28ClF4N5O5S. The van der Waals surface area contributed by atoms with E-state index in [1.54, 1.807) is 5.38 Å². The molecular weight excluding hydrogens is 618 g/mol. The van der Waals surface area contributed by atoms with Crippen LogP contribution in [0, 0.1) is 17.0 Å². The zero-order valence-corrected chi connectivity index (χ0v) is 24.8. The fourth-order valence-electron chi connectivity index (χ4n) is 5.39. The van der Waals surface area contributed by atoms with Gasteiger partial charge >= 0.3 is 11.9 Å². The number of nitrogens with one attached hydrogen (secondary N) is 1. The molecule has 0 saturated carbocycles. The minimum absolute atomic E-state index is 0.0319. The number of carboxylic acid groups (broad SMARTS) is 1. The van der Waals surface area contributed by atoms with Crippen LogP contribution in [0.1, 0.15) is 36.9 Å². The van der Waals surface area contributed by atoms with Crippen molar-refractivity contribution in [3.8, 4) is 0 Å². The fraction of sp³-hybridized carbons (Fsp3) is 0.481. The summed E-state index contributed by atoms with van der Waals surface area (Å²) in [5.41, 5.74) is -1.17. The summed E-state index contributed by atoms with van der Waals surface area (Å²) in [7, 11) is 1.12. The Balaban J connectivity index is 1.51. The number of alkyl halides is 2. The molecule has 1 aromatic heterocycles. The molecule has 10 nitrogen and oxygen atoms in total. The number of amidine groups is 1. The highest BCUT2D eigenvalue weighted by molar-refractivity contribution is 7.11. The molecule has 0 radical (unpaired) electrons. The van der Waals surface area contributed by atoms with Gasteiger partial charge in [-0.1, -0.05) is 17.7 Å². The fourth-order valence-corrected chi connectivity index (χ4v) is 6.23. The van der Waals surface area contributed by atoms with Crippen LogP contribution in [0.25, 0.3) is 0 Å². The number of fused-ring (bicyclic) bond motifs is 1. The molecule has 3 unspecified atom stereocenters. The number of aromatic nitrogens is 1. The molecule has 16 heteroatoms. The summed E-state index contributed by atoms with van der Waals surface area (Å²) in [5, 5.41) is 15.1. The molecule has 0 spiro atoms. The minimum Gasteiger partial charge on any atom is -0.481 e. The van der Waals surface area contributed by atoms with E-state index in [0.717, 1.165) is 18.2 Å². The maximum Gasteiger partial charge on any atom is 0.338 e. The van der Waals surface area contributed by atoms with Crippen molar-refractivity contribution in [3.63, 3.8) is 0 Å². The smallest absolute Gasteiger partial charge is 0.338 e. The molecule has 43 heavy (non-hydrogen) atoms. The highest BCUT2D eigenvalue weighted by Gasteiger charge is 2.61. The summed E-state index contributed by atoms with van der Waals surface area (Å²) < 4.78 is 64.5. The molecule has 3 aliphatic rings. The number of carbonyl (C=O) groups excluding carboxylic acids is 1. The van der Waals surface area contributed by atoms with Gasteiger partial charge in [-0.2, -0.15) is 5.06 Å². The van der Waals surface area contributed by atoms with Gasteiger partial charge in [-0.25, -0.2) is 27.3 Å². The van der Waals surface area contributed by atoms with Gasteiger partial charge in [-0.3, -0.25) is 19.5 Å². The number of hydrogen-bond donors (Lipinski definition) is 2. The van der Waals surface area contributed by atoms with Crippen molar-refractivity contribution >= 4 is 40.7 Å². The van der Waals surface area contributed by atoms with E-state index in [4.69, 9.17) is 21.2 Å². The van der Waals surface area contributed by atoms with E-state index in [2.05, 4.69) is 15.3 Å². The quantitative estimate of drug-likeness (QED) is 0.237. The molecule has 232 valence electrons. The lowest BCUT2D eigenvalue weighted by atomic mass is 9.89. The first-order valence-electron chi connectivity index (χ1n) is 13.2. The van der Waals surface area contributed by atoms with Crippen molar-refractivity contribution in [3.05, 3.63) is 62.2 Å². The largest absolute Gasteiger partial charge is 0.481 e. The molecule has 2 saturated heterocycles. The van der Waals surface area contributed by atoms with Crippen molar-refractivity contribution < 1.29 is 41.8 Å². The summed E-state index contributed by atoms with van der Waals surface area (Å²) in [6, 6.07) is -1.41. The van der Waals surface area contributed by atoms with E-state index < -0.39 is 64.6 Å². The Morgan fingerprint density at radius 3 is 2.72 bits per heavy atom. The third-order valence-electron chi connectivity index (χ3n) is 7.82. The first kappa shape index (κ1) is 31.3. The predicted octanol–water partition coefficient (Wildman–Crippen LogP) is 4.03. The van der Waals surface area contributed by atoms with Crippen LogP contribution in [-0.2, 0) is 19.2 Å². The van der Waals surface area contributed by atoms with Gasteiger partial charge in [0.05, 0.1) is 42.3 Å². The molecule has 5 rings (SSSR count). The minimum atomic E-state index is -3.25. The zero-order chi connectivity index (χ0) is 31.3. The van der Waals surface area contributed by atoms with Crippen molar-refractivity contribution in [2.24, 2.45) is 10.4 Å². The predicted molar refractivity (Wildman–Crippen MR) is 148 cm³/mol. The number of rotatable bonds is 9. The third kappa shape index (κ3) is 5.88. The number of hydrogen-bond acceptors (Lipinski definition) is 10. The van der Waals surface area contributed by atoms with Crippen LogP contribution in [0.3, 0.4) is 0 Å². The lowest BCUT2D eigenvalue weighted by molar-refractivity contribution is -0.186. The first-order valence-corrected chi connectivity index (χ1v) is 14.4. The number of aliphatic imine (C=N–C) groups is 1. The summed E-state index contributed by atoms with van der Waals surface area (Å²) >= 11 is 7.39. The highest BCUT2D eigenvalue weighted by atomic mass is 35.5. The molecule has 2 aromatic rings. The number of carbonyl (C=O) groups is 2. The van der Waals surface area contributed by atoms with Crippen LogP contribution in [0.2, 0.25) is 5.02 Å². The number of likely N-dealkylation sites (tertiary alicyclic amines) is 1. The van der Waals surface area contributed by atoms with Gasteiger partial charge in [-0.05, 0) is 26.3 Å². The second-order valence-electron chi connectivity index (χ2n) is 11.0. The summed E-state index contributed by atoms with van der Waals surface area (Å²) in [4.78, 5) is 40.6. The third-order valence-corrected chi connectivity index (χ3v) is 8.99. The molecule has 0 bridgehead atoms. The molecule has 1 aromatic carbocycles. The standard InChI is InChI=1S/C27H28ClF4N5O5S/c1-26(2,25(39)40)6-8-37-21-16(11-42-37)36(12-27(21,31)32)10-15-17(24(38)41-3)20(13-4-5-14(29)19(30)18(13)28)35-22(34-15)23-33-7-9-43-23/h4-5,7,9,16,20-21H,6,8,10-12H2,1-3H3,(H,34,35)(H,39,40). The molecule has 0 aliphatic carbocycles. The Kier molecular flexibility index (Phi) is 8.57. The van der Waals surface area contributed by atoms with Crippen molar-refractivity contribution in [2.75, 3.05) is 33.4 Å². The van der Waals surface area contributed by atoms with Crippen molar-refractivity contribution in [1.29, 1.82) is 0 Å². The first-order chi connectivity index (χ1) is 20.2. The Labute approximate surface area is 252 Å². The number of methoxy groups -OCH3 is 1. The van der Waals surface area contributed by atoms with E-state index >= 15 is 8.78 Å². The number of esters is 1. The van der Waals surface area contributed by atoms with Gasteiger partial charge in [0.2, 0.25) is 0 Å². The SMILES string of the molecule is COC(=O)C1=C(CN2CC(F)(F)C3C2CON3CCC(C)(C)C(=O)O)NC(c2nccs2)=NC1c1ccc(F)c(F)c1Cl. The van der Waals surface area contributed by atoms with Crippen LogP contribution in [-0.4, -0.2) is 89.2 Å². The second-order valence-corrected chi connectivity index (χ2v) is 12.3. The van der Waals surface area contributed by atoms with E-state index in [-0.39, 0.29) is 48.8 Å². The van der Waals surface area contributed by atoms with E-state index in [0.29, 0.717) is 5.01 Å². The summed E-state index contributed by atoms with van der Waals surface area (Å²) in [6.45, 7) is 1.98. The monoisotopic (exact) mass is 645 g/mol. The molecule has 0 amide bonds. The highest BCUT2D eigenvalue weighted by Crippen LogP contribution is 2.43. The molecule has 2 fully saturated rings. The lowest BCUT2D eigenvalue weighted by Gasteiger charge is -2.30.